The Labute approximate surface area is 77.4 Å². The van der Waals surface area contributed by atoms with E-state index in [1.807, 2.05) is 19.1 Å². The minimum Gasteiger partial charge on any atom is -0.287 e. The SMILES string of the molecule is CC(CC(=O)S)c1ccncc1. The highest BCUT2D eigenvalue weighted by Crippen LogP contribution is 2.18. The van der Waals surface area contributed by atoms with Crippen molar-refractivity contribution in [3.63, 3.8) is 0 Å². The number of hydrogen-bond donors (Lipinski definition) is 1. The van der Waals surface area contributed by atoms with E-state index in [0.29, 0.717) is 6.42 Å². The first-order valence-electron chi connectivity index (χ1n) is 3.82. The van der Waals surface area contributed by atoms with Gasteiger partial charge in [-0.15, -0.1) is 12.6 Å². The molecule has 0 aliphatic rings. The third-order valence-electron chi connectivity index (χ3n) is 1.76. The molecule has 1 aromatic rings. The van der Waals surface area contributed by atoms with Gasteiger partial charge in [-0.2, -0.15) is 0 Å². The van der Waals surface area contributed by atoms with E-state index in [-0.39, 0.29) is 11.0 Å². The fourth-order valence-electron chi connectivity index (χ4n) is 1.07. The van der Waals surface area contributed by atoms with Crippen molar-refractivity contribution in [1.29, 1.82) is 0 Å². The lowest BCUT2D eigenvalue weighted by molar-refractivity contribution is -0.111. The first-order chi connectivity index (χ1) is 5.70. The quantitative estimate of drug-likeness (QED) is 0.723. The number of carbonyl (C=O) groups is 1. The second-order valence-electron chi connectivity index (χ2n) is 2.78. The Morgan fingerprint density at radius 1 is 1.58 bits per heavy atom. The first-order valence-corrected chi connectivity index (χ1v) is 4.26. The van der Waals surface area contributed by atoms with Gasteiger partial charge in [-0.25, -0.2) is 0 Å². The second-order valence-corrected chi connectivity index (χ2v) is 3.28. The van der Waals surface area contributed by atoms with Gasteiger partial charge in [0.25, 0.3) is 0 Å². The van der Waals surface area contributed by atoms with Crippen LogP contribution >= 0.6 is 12.6 Å². The molecule has 0 aromatic carbocycles. The molecular formula is C9H11NOS. The van der Waals surface area contributed by atoms with Gasteiger partial charge in [0.15, 0.2) is 5.12 Å². The Balaban J connectivity index is 2.65. The van der Waals surface area contributed by atoms with E-state index in [2.05, 4.69) is 17.6 Å². The van der Waals surface area contributed by atoms with Crippen molar-refractivity contribution in [1.82, 2.24) is 4.98 Å². The van der Waals surface area contributed by atoms with Gasteiger partial charge in [0, 0.05) is 18.8 Å². The summed E-state index contributed by atoms with van der Waals surface area (Å²) in [6.45, 7) is 2.00. The maximum absolute atomic E-state index is 10.7. The van der Waals surface area contributed by atoms with Gasteiger partial charge in [-0.1, -0.05) is 6.92 Å². The summed E-state index contributed by atoms with van der Waals surface area (Å²) < 4.78 is 0. The third kappa shape index (κ3) is 2.66. The number of aromatic nitrogens is 1. The van der Waals surface area contributed by atoms with Crippen molar-refractivity contribution in [2.45, 2.75) is 19.3 Å². The third-order valence-corrected chi connectivity index (χ3v) is 1.94. The van der Waals surface area contributed by atoms with E-state index in [1.54, 1.807) is 12.4 Å². The van der Waals surface area contributed by atoms with Crippen LogP contribution in [-0.4, -0.2) is 10.1 Å². The van der Waals surface area contributed by atoms with Gasteiger partial charge >= 0.3 is 0 Å². The van der Waals surface area contributed by atoms with Crippen LogP contribution < -0.4 is 0 Å². The largest absolute Gasteiger partial charge is 0.287 e. The van der Waals surface area contributed by atoms with Gasteiger partial charge in [-0.3, -0.25) is 9.78 Å². The molecule has 1 heterocycles. The lowest BCUT2D eigenvalue weighted by Crippen LogP contribution is -1.98. The van der Waals surface area contributed by atoms with Gasteiger partial charge in [0.05, 0.1) is 0 Å². The molecule has 0 spiro atoms. The van der Waals surface area contributed by atoms with E-state index in [4.69, 9.17) is 0 Å². The molecule has 2 nitrogen and oxygen atoms in total. The summed E-state index contributed by atoms with van der Waals surface area (Å²) in [7, 11) is 0. The fourth-order valence-corrected chi connectivity index (χ4v) is 1.35. The standard InChI is InChI=1S/C9H11NOS/c1-7(6-9(11)12)8-2-4-10-5-3-8/h2-5,7H,6H2,1H3,(H,11,12). The van der Waals surface area contributed by atoms with Crippen LogP contribution in [-0.2, 0) is 4.79 Å². The Kier molecular flexibility index (Phi) is 3.29. The van der Waals surface area contributed by atoms with E-state index in [0.717, 1.165) is 5.56 Å². The highest BCUT2D eigenvalue weighted by Gasteiger charge is 2.07. The minimum absolute atomic E-state index is 0.0701. The number of rotatable bonds is 3. The molecule has 0 radical (unpaired) electrons. The molecule has 1 atom stereocenters. The van der Waals surface area contributed by atoms with Crippen LogP contribution in [0.1, 0.15) is 24.8 Å². The Morgan fingerprint density at radius 3 is 2.67 bits per heavy atom. The van der Waals surface area contributed by atoms with E-state index < -0.39 is 0 Å². The summed E-state index contributed by atoms with van der Waals surface area (Å²) >= 11 is 3.73. The van der Waals surface area contributed by atoms with Crippen molar-refractivity contribution in [3.05, 3.63) is 30.1 Å². The molecule has 0 N–H and O–H groups in total. The normalized spacial score (nSPS) is 12.5. The number of carbonyl (C=O) groups excluding carboxylic acids is 1. The predicted molar refractivity (Wildman–Crippen MR) is 51.3 cm³/mol. The summed E-state index contributed by atoms with van der Waals surface area (Å²) in [4.78, 5) is 14.6. The highest BCUT2D eigenvalue weighted by atomic mass is 32.1. The number of hydrogen-bond acceptors (Lipinski definition) is 2. The van der Waals surface area contributed by atoms with Crippen molar-refractivity contribution >= 4 is 17.7 Å². The van der Waals surface area contributed by atoms with E-state index in [1.165, 1.54) is 0 Å². The maximum Gasteiger partial charge on any atom is 0.186 e. The van der Waals surface area contributed by atoms with Gasteiger partial charge < -0.3 is 0 Å². The van der Waals surface area contributed by atoms with Crippen LogP contribution in [0.25, 0.3) is 0 Å². The summed E-state index contributed by atoms with van der Waals surface area (Å²) in [5.74, 6) is 0.234. The number of nitrogens with zero attached hydrogens (tertiary/aromatic N) is 1. The molecule has 12 heavy (non-hydrogen) atoms. The molecule has 3 heteroatoms. The van der Waals surface area contributed by atoms with Crippen LogP contribution in [0.3, 0.4) is 0 Å². The molecule has 1 aromatic heterocycles. The first kappa shape index (κ1) is 9.26. The zero-order chi connectivity index (χ0) is 8.97. The molecule has 0 saturated carbocycles. The molecule has 0 bridgehead atoms. The van der Waals surface area contributed by atoms with Gasteiger partial charge in [-0.05, 0) is 23.6 Å². The summed E-state index contributed by atoms with van der Waals surface area (Å²) in [6.07, 6.45) is 3.94. The molecule has 0 aliphatic carbocycles. The van der Waals surface area contributed by atoms with Gasteiger partial charge in [0.2, 0.25) is 0 Å². The Hall–Kier alpha value is -0.830. The zero-order valence-corrected chi connectivity index (χ0v) is 7.79. The number of pyridine rings is 1. The van der Waals surface area contributed by atoms with Crippen molar-refractivity contribution < 1.29 is 4.79 Å². The van der Waals surface area contributed by atoms with Crippen LogP contribution in [0.2, 0.25) is 0 Å². The molecule has 1 rings (SSSR count). The molecule has 0 saturated heterocycles. The Bertz CT molecular complexity index is 260. The van der Waals surface area contributed by atoms with Crippen molar-refractivity contribution in [2.24, 2.45) is 0 Å². The topological polar surface area (TPSA) is 30.0 Å². The molecule has 1 unspecified atom stereocenters. The van der Waals surface area contributed by atoms with Crippen LogP contribution in [0.15, 0.2) is 24.5 Å². The molecular weight excluding hydrogens is 170 g/mol. The highest BCUT2D eigenvalue weighted by molar-refractivity contribution is 7.96. The maximum atomic E-state index is 10.7. The van der Waals surface area contributed by atoms with Crippen molar-refractivity contribution in [2.75, 3.05) is 0 Å². The molecule has 64 valence electrons. The lowest BCUT2D eigenvalue weighted by atomic mass is 10.00. The van der Waals surface area contributed by atoms with Crippen LogP contribution in [0, 0.1) is 0 Å². The summed E-state index contributed by atoms with van der Waals surface area (Å²) in [5, 5.41) is -0.0701. The molecule has 0 amide bonds. The average molecular weight is 181 g/mol. The van der Waals surface area contributed by atoms with Crippen molar-refractivity contribution in [3.8, 4) is 0 Å². The van der Waals surface area contributed by atoms with Crippen LogP contribution in [0.4, 0.5) is 0 Å². The molecule has 0 fully saturated rings. The Morgan fingerprint density at radius 2 is 2.17 bits per heavy atom. The minimum atomic E-state index is -0.0701. The molecule has 0 aliphatic heterocycles. The summed E-state index contributed by atoms with van der Waals surface area (Å²) in [6, 6.07) is 3.84. The lowest BCUT2D eigenvalue weighted by Gasteiger charge is -2.07. The average Bonchev–Trinajstić information content (AvgIpc) is 2.05. The smallest absolute Gasteiger partial charge is 0.186 e. The van der Waals surface area contributed by atoms with Crippen LogP contribution in [0.5, 0.6) is 0 Å². The van der Waals surface area contributed by atoms with Gasteiger partial charge in [0.1, 0.15) is 0 Å². The zero-order valence-electron chi connectivity index (χ0n) is 6.90. The summed E-state index contributed by atoms with van der Waals surface area (Å²) in [5.41, 5.74) is 1.13. The van der Waals surface area contributed by atoms with E-state index >= 15 is 0 Å². The fraction of sp³-hybridized carbons (Fsp3) is 0.333. The van der Waals surface area contributed by atoms with E-state index in [9.17, 15) is 4.79 Å². The number of thiol groups is 1. The predicted octanol–water partition coefficient (Wildman–Crippen LogP) is 2.03. The monoisotopic (exact) mass is 181 g/mol. The second kappa shape index (κ2) is 4.26.